The van der Waals surface area contributed by atoms with Crippen LogP contribution in [-0.4, -0.2) is 46.6 Å². The van der Waals surface area contributed by atoms with Crippen LogP contribution in [0.3, 0.4) is 0 Å². The van der Waals surface area contributed by atoms with Crippen LogP contribution in [0.4, 0.5) is 4.79 Å². The van der Waals surface area contributed by atoms with Gasteiger partial charge in [0.2, 0.25) is 5.91 Å². The van der Waals surface area contributed by atoms with Crippen LogP contribution in [0.1, 0.15) is 46.9 Å². The first-order valence-corrected chi connectivity index (χ1v) is 8.11. The second-order valence-electron chi connectivity index (χ2n) is 5.15. The number of rotatable bonds is 7. The number of aromatic nitrogens is 2. The van der Waals surface area contributed by atoms with E-state index in [2.05, 4.69) is 20.0 Å². The molecule has 132 valence electrons. The second kappa shape index (κ2) is 11.5. The summed E-state index contributed by atoms with van der Waals surface area (Å²) in [5.41, 5.74) is 0. The summed E-state index contributed by atoms with van der Waals surface area (Å²) >= 11 is 0. The third-order valence-electron chi connectivity index (χ3n) is 3.09. The van der Waals surface area contributed by atoms with E-state index >= 15 is 0 Å². The molecule has 0 bridgehead atoms. The summed E-state index contributed by atoms with van der Waals surface area (Å²) in [5, 5.41) is 2.60. The maximum absolute atomic E-state index is 12.7. The highest BCUT2D eigenvalue weighted by atomic mass is 16.5. The molecule has 0 aliphatic heterocycles. The van der Waals surface area contributed by atoms with Gasteiger partial charge in [0.1, 0.15) is 11.9 Å². The zero-order chi connectivity index (χ0) is 17.8. The molecule has 0 saturated heterocycles. The van der Waals surface area contributed by atoms with E-state index in [0.29, 0.717) is 13.1 Å². The topological polar surface area (TPSA) is 87.3 Å². The number of methoxy groups -OCH3 is 1. The van der Waals surface area contributed by atoms with Gasteiger partial charge in [-0.1, -0.05) is 34.6 Å². The molecule has 0 spiro atoms. The van der Waals surface area contributed by atoms with Gasteiger partial charge in [0.15, 0.2) is 0 Å². The van der Waals surface area contributed by atoms with Crippen LogP contribution >= 0.6 is 0 Å². The Hall–Kier alpha value is -2.05. The summed E-state index contributed by atoms with van der Waals surface area (Å²) in [4.78, 5) is 32.9. The molecule has 1 aromatic heterocycles. The average molecular weight is 326 g/mol. The van der Waals surface area contributed by atoms with E-state index in [1.165, 1.54) is 7.11 Å². The Morgan fingerprint density at radius 1 is 1.39 bits per heavy atom. The lowest BCUT2D eigenvalue weighted by atomic mass is 10.0. The summed E-state index contributed by atoms with van der Waals surface area (Å²) in [6.45, 7) is 10.8. The van der Waals surface area contributed by atoms with Gasteiger partial charge in [0.05, 0.1) is 13.7 Å². The van der Waals surface area contributed by atoms with E-state index in [4.69, 9.17) is 0 Å². The van der Waals surface area contributed by atoms with Gasteiger partial charge in [0.25, 0.3) is 0 Å². The van der Waals surface area contributed by atoms with Crippen molar-refractivity contribution < 1.29 is 14.3 Å². The van der Waals surface area contributed by atoms with Gasteiger partial charge in [-0.15, -0.1) is 0 Å². The molecule has 1 unspecified atom stereocenters. The number of carbonyl (C=O) groups excluding carboxylic acids is 2. The molecule has 0 radical (unpaired) electrons. The number of carbonyl (C=O) groups is 2. The average Bonchev–Trinajstić information content (AvgIpc) is 3.06. The minimum atomic E-state index is -0.612. The highest BCUT2D eigenvalue weighted by Gasteiger charge is 2.29. The quantitative estimate of drug-likeness (QED) is 0.806. The zero-order valence-corrected chi connectivity index (χ0v) is 15.0. The van der Waals surface area contributed by atoms with Crippen LogP contribution in [0.15, 0.2) is 12.4 Å². The maximum atomic E-state index is 12.7. The molecular weight excluding hydrogens is 296 g/mol. The van der Waals surface area contributed by atoms with Crippen molar-refractivity contribution in [1.82, 2.24) is 20.2 Å². The number of imidazole rings is 1. The summed E-state index contributed by atoms with van der Waals surface area (Å²) in [6, 6.07) is -0.612. The van der Waals surface area contributed by atoms with Gasteiger partial charge >= 0.3 is 6.09 Å². The fraction of sp³-hybridized carbons (Fsp3) is 0.688. The molecule has 0 saturated carbocycles. The summed E-state index contributed by atoms with van der Waals surface area (Å²) < 4.78 is 4.59. The molecule has 0 aliphatic rings. The van der Waals surface area contributed by atoms with E-state index in [0.717, 1.165) is 12.2 Å². The van der Waals surface area contributed by atoms with E-state index in [1.54, 1.807) is 17.3 Å². The van der Waals surface area contributed by atoms with Crippen LogP contribution in [0, 0.1) is 5.92 Å². The number of ether oxygens (including phenoxy) is 1. The van der Waals surface area contributed by atoms with E-state index in [9.17, 15) is 9.59 Å². The number of nitrogens with one attached hydrogen (secondary N) is 2. The van der Waals surface area contributed by atoms with Gasteiger partial charge in [0, 0.05) is 18.9 Å². The van der Waals surface area contributed by atoms with Crippen LogP contribution in [0.2, 0.25) is 0 Å². The molecule has 1 rings (SSSR count). The minimum absolute atomic E-state index is 0.0347. The van der Waals surface area contributed by atoms with Crippen LogP contribution in [0.25, 0.3) is 0 Å². The first kappa shape index (κ1) is 20.9. The molecule has 1 atom stereocenters. The van der Waals surface area contributed by atoms with E-state index < -0.39 is 12.1 Å². The normalized spacial score (nSPS) is 11.3. The molecule has 0 fully saturated rings. The van der Waals surface area contributed by atoms with Gasteiger partial charge in [-0.3, -0.25) is 4.79 Å². The standard InChI is InChI=1S/C14H24N4O3.C2H6/c1-5-8-18(9-11-15-6-7-16-11)13(19)12(10(2)3)17-14(20)21-4;1-2/h6-7,10,12H,5,8-9H2,1-4H3,(H,15,16)(H,17,20);1-2H3. The van der Waals surface area contributed by atoms with Crippen molar-refractivity contribution in [2.45, 2.75) is 53.6 Å². The second-order valence-corrected chi connectivity index (χ2v) is 5.15. The Bertz CT molecular complexity index is 446. The van der Waals surface area contributed by atoms with Crippen molar-refractivity contribution in [3.63, 3.8) is 0 Å². The van der Waals surface area contributed by atoms with E-state index in [-0.39, 0.29) is 11.8 Å². The first-order valence-electron chi connectivity index (χ1n) is 8.11. The van der Waals surface area contributed by atoms with Crippen molar-refractivity contribution in [3.8, 4) is 0 Å². The Kier molecular flexibility index (Phi) is 10.5. The molecule has 2 amide bonds. The van der Waals surface area contributed by atoms with Gasteiger partial charge in [-0.2, -0.15) is 0 Å². The fourth-order valence-electron chi connectivity index (χ4n) is 2.00. The first-order chi connectivity index (χ1) is 11.0. The van der Waals surface area contributed by atoms with Gasteiger partial charge in [-0.25, -0.2) is 9.78 Å². The van der Waals surface area contributed by atoms with Crippen molar-refractivity contribution in [1.29, 1.82) is 0 Å². The summed E-state index contributed by atoms with van der Waals surface area (Å²) in [6.07, 6.45) is 3.60. The van der Waals surface area contributed by atoms with Crippen molar-refractivity contribution >= 4 is 12.0 Å². The van der Waals surface area contributed by atoms with Gasteiger partial charge < -0.3 is 19.9 Å². The van der Waals surface area contributed by atoms with Crippen LogP contribution < -0.4 is 5.32 Å². The molecule has 0 aromatic carbocycles. The molecule has 7 heteroatoms. The Labute approximate surface area is 138 Å². The van der Waals surface area contributed by atoms with Crippen LogP contribution in [-0.2, 0) is 16.1 Å². The molecule has 7 nitrogen and oxygen atoms in total. The Morgan fingerprint density at radius 3 is 2.48 bits per heavy atom. The number of nitrogens with zero attached hydrogens (tertiary/aromatic N) is 2. The van der Waals surface area contributed by atoms with E-state index in [1.807, 2.05) is 34.6 Å². The lowest BCUT2D eigenvalue weighted by Gasteiger charge is -2.28. The zero-order valence-electron chi connectivity index (χ0n) is 15.0. The summed E-state index contributed by atoms with van der Waals surface area (Å²) in [7, 11) is 1.28. The van der Waals surface area contributed by atoms with Gasteiger partial charge in [-0.05, 0) is 12.3 Å². The van der Waals surface area contributed by atoms with Crippen molar-refractivity contribution in [2.75, 3.05) is 13.7 Å². The Morgan fingerprint density at radius 2 is 2.04 bits per heavy atom. The third-order valence-corrected chi connectivity index (χ3v) is 3.09. The molecule has 2 N–H and O–H groups in total. The third kappa shape index (κ3) is 7.17. The number of aromatic amines is 1. The Balaban J connectivity index is 0.00000232. The highest BCUT2D eigenvalue weighted by Crippen LogP contribution is 2.10. The number of alkyl carbamates (subject to hydrolysis) is 1. The van der Waals surface area contributed by atoms with Crippen LogP contribution in [0.5, 0.6) is 0 Å². The van der Waals surface area contributed by atoms with Crippen molar-refractivity contribution in [3.05, 3.63) is 18.2 Å². The van der Waals surface area contributed by atoms with Crippen molar-refractivity contribution in [2.24, 2.45) is 5.92 Å². The number of H-pyrrole nitrogens is 1. The molecule has 1 heterocycles. The largest absolute Gasteiger partial charge is 0.453 e. The lowest BCUT2D eigenvalue weighted by Crippen LogP contribution is -2.51. The minimum Gasteiger partial charge on any atom is -0.453 e. The SMILES string of the molecule is CC.CCCN(Cc1ncc[nH]1)C(=O)C(NC(=O)OC)C(C)C. The summed E-state index contributed by atoms with van der Waals surface area (Å²) in [5.74, 6) is 0.554. The maximum Gasteiger partial charge on any atom is 0.407 e. The number of amides is 2. The number of hydrogen-bond acceptors (Lipinski definition) is 4. The highest BCUT2D eigenvalue weighted by molar-refractivity contribution is 5.85. The lowest BCUT2D eigenvalue weighted by molar-refractivity contribution is -0.135. The molecule has 1 aromatic rings. The monoisotopic (exact) mass is 326 g/mol. The smallest absolute Gasteiger partial charge is 0.407 e. The number of hydrogen-bond donors (Lipinski definition) is 2. The fourth-order valence-corrected chi connectivity index (χ4v) is 2.00. The molecule has 23 heavy (non-hydrogen) atoms. The molecule has 0 aliphatic carbocycles. The predicted octanol–water partition coefficient (Wildman–Crippen LogP) is 2.56. The predicted molar refractivity (Wildman–Crippen MR) is 89.8 cm³/mol. The molecular formula is C16H30N4O3.